The van der Waals surface area contributed by atoms with Crippen molar-refractivity contribution in [3.8, 4) is 33.6 Å². The molecule has 3 aliphatic rings. The van der Waals surface area contributed by atoms with Gasteiger partial charge in [0.05, 0.1) is 39.9 Å². The Balaban J connectivity index is 1.03. The highest BCUT2D eigenvalue weighted by Crippen LogP contribution is 2.48. The minimum Gasteiger partial charge on any atom is -0.468 e. The summed E-state index contributed by atoms with van der Waals surface area (Å²) in [4.78, 5) is 71.6. The standard InChI is InChI=1S/C45H56Cl2N8O6/c1-23-24(2)37(23)54(42(57)27(5)48-20-34(56)60-7)21-32-49-35(40(46)51-32)30-14-10-28(11-15-30)29-12-16-31(17-13-29)36-41(47)52-33(50-36)22-55(38-25(3)26(38)4)43(58)39(53-44(59)61-8)45(6)18-9-19-45/h10-17,23-27,37-39,48H,9,18-22H2,1-8H3,(H,49,51)(H,50,52)(H,53,59). The molecule has 2 aromatic heterocycles. The van der Waals surface area contributed by atoms with Crippen molar-refractivity contribution in [3.63, 3.8) is 0 Å². The second kappa shape index (κ2) is 17.8. The molecule has 16 heteroatoms. The fourth-order valence-corrected chi connectivity index (χ4v) is 9.43. The van der Waals surface area contributed by atoms with E-state index < -0.39 is 24.1 Å². The Bertz CT molecular complexity index is 2240. The summed E-state index contributed by atoms with van der Waals surface area (Å²) in [6, 6.07) is 14.6. The average Bonchev–Trinajstić information content (AvgIpc) is 3.85. The quantitative estimate of drug-likeness (QED) is 0.0833. The first-order valence-electron chi connectivity index (χ1n) is 21.0. The molecule has 4 N–H and O–H groups in total. The lowest BCUT2D eigenvalue weighted by molar-refractivity contribution is -0.141. The van der Waals surface area contributed by atoms with Gasteiger partial charge in [-0.05, 0) is 60.0 Å². The van der Waals surface area contributed by atoms with Crippen LogP contribution in [0.25, 0.3) is 33.6 Å². The van der Waals surface area contributed by atoms with Crippen LogP contribution in [-0.2, 0) is 36.9 Å². The van der Waals surface area contributed by atoms with Crippen molar-refractivity contribution < 1.29 is 28.7 Å². The Kier molecular flexibility index (Phi) is 12.9. The number of H-pyrrole nitrogens is 2. The molecule has 0 saturated heterocycles. The van der Waals surface area contributed by atoms with Crippen LogP contribution in [0, 0.1) is 29.1 Å². The van der Waals surface area contributed by atoms with Crippen LogP contribution in [0.4, 0.5) is 4.79 Å². The molecule has 4 aromatic rings. The lowest BCUT2D eigenvalue weighted by Gasteiger charge is -2.45. The molecule has 0 aliphatic heterocycles. The molecule has 61 heavy (non-hydrogen) atoms. The van der Waals surface area contributed by atoms with Crippen LogP contribution >= 0.6 is 23.2 Å². The van der Waals surface area contributed by atoms with Gasteiger partial charge in [0.2, 0.25) is 11.8 Å². The number of esters is 1. The number of hydrogen-bond acceptors (Lipinski definition) is 9. The van der Waals surface area contributed by atoms with Crippen molar-refractivity contribution in [2.24, 2.45) is 29.1 Å². The summed E-state index contributed by atoms with van der Waals surface area (Å²) in [5, 5.41) is 6.56. The molecule has 7 rings (SSSR count). The molecule has 3 saturated carbocycles. The van der Waals surface area contributed by atoms with Gasteiger partial charge in [-0.3, -0.25) is 19.7 Å². The summed E-state index contributed by atoms with van der Waals surface area (Å²) >= 11 is 13.5. The Morgan fingerprint density at radius 1 is 0.738 bits per heavy atom. The number of methoxy groups -OCH3 is 2. The molecule has 2 aromatic carbocycles. The number of halogens is 2. The number of amides is 3. The number of nitrogens with zero attached hydrogens (tertiary/aromatic N) is 4. The molecule has 3 aliphatic carbocycles. The first-order valence-corrected chi connectivity index (χ1v) is 21.8. The highest BCUT2D eigenvalue weighted by molar-refractivity contribution is 6.32. The molecule has 6 unspecified atom stereocenters. The molecule has 3 amide bonds. The molecular weight excluding hydrogens is 819 g/mol. The molecule has 6 atom stereocenters. The predicted molar refractivity (Wildman–Crippen MR) is 233 cm³/mol. The van der Waals surface area contributed by atoms with E-state index in [9.17, 15) is 19.2 Å². The van der Waals surface area contributed by atoms with E-state index >= 15 is 0 Å². The maximum atomic E-state index is 14.3. The Morgan fingerprint density at radius 3 is 1.54 bits per heavy atom. The Labute approximate surface area is 366 Å². The smallest absolute Gasteiger partial charge is 0.407 e. The third kappa shape index (κ3) is 9.17. The summed E-state index contributed by atoms with van der Waals surface area (Å²) in [5.41, 5.74) is 4.42. The largest absolute Gasteiger partial charge is 0.468 e. The zero-order chi connectivity index (χ0) is 43.9. The van der Waals surface area contributed by atoms with Gasteiger partial charge in [0, 0.05) is 23.2 Å². The fraction of sp³-hybridized carbons (Fsp3) is 0.511. The maximum absolute atomic E-state index is 14.3. The van der Waals surface area contributed by atoms with E-state index in [0.717, 1.165) is 41.5 Å². The number of carbonyl (C=O) groups is 4. The minimum absolute atomic E-state index is 0.0152. The molecule has 14 nitrogen and oxygen atoms in total. The number of nitrogens with one attached hydrogen (secondary N) is 4. The van der Waals surface area contributed by atoms with E-state index in [1.807, 2.05) is 65.3 Å². The van der Waals surface area contributed by atoms with Crippen LogP contribution in [0.5, 0.6) is 0 Å². The summed E-state index contributed by atoms with van der Waals surface area (Å²) in [6.07, 6.45) is 2.08. The number of hydrogen-bond donors (Lipinski definition) is 4. The zero-order valence-electron chi connectivity index (χ0n) is 36.0. The highest BCUT2D eigenvalue weighted by Gasteiger charge is 2.54. The summed E-state index contributed by atoms with van der Waals surface area (Å²) in [6.45, 7) is 12.7. The van der Waals surface area contributed by atoms with Crippen molar-refractivity contribution >= 4 is 47.1 Å². The van der Waals surface area contributed by atoms with Gasteiger partial charge < -0.3 is 34.6 Å². The molecule has 2 heterocycles. The van der Waals surface area contributed by atoms with Gasteiger partial charge in [-0.15, -0.1) is 0 Å². The number of aromatic amines is 2. The average molecular weight is 876 g/mol. The van der Waals surface area contributed by atoms with Crippen LogP contribution in [0.3, 0.4) is 0 Å². The predicted octanol–water partition coefficient (Wildman–Crippen LogP) is 7.47. The molecule has 326 valence electrons. The van der Waals surface area contributed by atoms with Gasteiger partial charge in [-0.1, -0.05) is 113 Å². The van der Waals surface area contributed by atoms with Crippen LogP contribution in [0.1, 0.15) is 72.5 Å². The molecule has 0 radical (unpaired) electrons. The van der Waals surface area contributed by atoms with Crippen molar-refractivity contribution in [1.82, 2.24) is 40.4 Å². The lowest BCUT2D eigenvalue weighted by Crippen LogP contribution is -2.59. The van der Waals surface area contributed by atoms with E-state index in [1.165, 1.54) is 14.2 Å². The highest BCUT2D eigenvalue weighted by atomic mass is 35.5. The zero-order valence-corrected chi connectivity index (χ0v) is 37.5. The second-order valence-electron chi connectivity index (χ2n) is 17.5. The van der Waals surface area contributed by atoms with Gasteiger partial charge in [0.25, 0.3) is 0 Å². The van der Waals surface area contributed by atoms with Crippen LogP contribution in [0.15, 0.2) is 48.5 Å². The Hall–Kier alpha value is -4.92. The first-order chi connectivity index (χ1) is 29.0. The van der Waals surface area contributed by atoms with E-state index in [4.69, 9.17) is 42.6 Å². The van der Waals surface area contributed by atoms with Crippen LogP contribution < -0.4 is 10.6 Å². The van der Waals surface area contributed by atoms with Crippen molar-refractivity contribution in [2.45, 2.75) is 98.1 Å². The molecule has 0 spiro atoms. The number of rotatable bonds is 16. The van der Waals surface area contributed by atoms with Crippen molar-refractivity contribution in [3.05, 3.63) is 70.5 Å². The fourth-order valence-electron chi connectivity index (χ4n) is 8.91. The number of carbonyl (C=O) groups excluding carboxylic acids is 4. The number of alkyl carbamates (subject to hydrolysis) is 1. The summed E-state index contributed by atoms with van der Waals surface area (Å²) < 4.78 is 9.62. The lowest BCUT2D eigenvalue weighted by atomic mass is 9.65. The SMILES string of the molecule is COC(=O)CNC(C)C(=O)N(Cc1nc(-c2ccc(-c3ccc(-c4nc(CN(C(=O)C(NC(=O)OC)C5(C)CCC5)C5C(C)C5C)[nH]c4Cl)cc3)cc2)c(Cl)[nH]1)C1C(C)C1C. The third-order valence-corrected chi connectivity index (χ3v) is 14.1. The van der Waals surface area contributed by atoms with Gasteiger partial charge >= 0.3 is 12.1 Å². The van der Waals surface area contributed by atoms with Crippen molar-refractivity contribution in [2.75, 3.05) is 20.8 Å². The molecule has 0 bridgehead atoms. The minimum atomic E-state index is -0.707. The van der Waals surface area contributed by atoms with Gasteiger partial charge in [-0.25, -0.2) is 14.8 Å². The van der Waals surface area contributed by atoms with Gasteiger partial charge in [-0.2, -0.15) is 0 Å². The second-order valence-corrected chi connectivity index (χ2v) is 18.2. The summed E-state index contributed by atoms with van der Waals surface area (Å²) in [7, 11) is 2.62. The monoisotopic (exact) mass is 874 g/mol. The molecule has 3 fully saturated rings. The number of aromatic nitrogens is 4. The van der Waals surface area contributed by atoms with E-state index in [0.29, 0.717) is 57.0 Å². The summed E-state index contributed by atoms with van der Waals surface area (Å²) in [5.74, 6) is 1.72. The van der Waals surface area contributed by atoms with E-state index in [2.05, 4.69) is 48.3 Å². The van der Waals surface area contributed by atoms with Gasteiger partial charge in [0.1, 0.15) is 39.4 Å². The number of imidazole rings is 2. The Morgan fingerprint density at radius 2 is 1.16 bits per heavy atom. The van der Waals surface area contributed by atoms with E-state index in [-0.39, 0.29) is 48.9 Å². The maximum Gasteiger partial charge on any atom is 0.407 e. The van der Waals surface area contributed by atoms with Crippen LogP contribution in [-0.4, -0.2) is 98.5 Å². The third-order valence-electron chi connectivity index (χ3n) is 13.6. The first kappa shape index (κ1) is 44.1. The van der Waals surface area contributed by atoms with Gasteiger partial charge in [0.15, 0.2) is 0 Å². The number of benzene rings is 2. The van der Waals surface area contributed by atoms with E-state index in [1.54, 1.807) is 6.92 Å². The molecular formula is C45H56Cl2N8O6. The van der Waals surface area contributed by atoms with Crippen molar-refractivity contribution in [1.29, 1.82) is 0 Å². The number of ether oxygens (including phenoxy) is 2. The topological polar surface area (TPSA) is 175 Å². The normalized spacial score (nSPS) is 23.2. The van der Waals surface area contributed by atoms with Crippen LogP contribution in [0.2, 0.25) is 10.3 Å².